The van der Waals surface area contributed by atoms with Crippen LogP contribution in [0.5, 0.6) is 11.5 Å². The number of hydrogen-bond acceptors (Lipinski definition) is 4. The largest absolute Gasteiger partial charge is 0.454 e. The topological polar surface area (TPSA) is 56.6 Å². The number of amides is 1. The second kappa shape index (κ2) is 5.91. The first kappa shape index (κ1) is 15.0. The molecule has 0 fully saturated rings. The van der Waals surface area contributed by atoms with Gasteiger partial charge in [0, 0.05) is 30.4 Å². The van der Waals surface area contributed by atoms with Gasteiger partial charge in [0.1, 0.15) is 0 Å². The lowest BCUT2D eigenvalue weighted by atomic mass is 10.1. The molecule has 2 aromatic carbocycles. The molecule has 1 amide bonds. The fourth-order valence-electron chi connectivity index (χ4n) is 3.41. The number of carbonyl (C=O) groups is 1. The molecule has 0 atom stereocenters. The van der Waals surface area contributed by atoms with Gasteiger partial charge in [-0.2, -0.15) is 0 Å². The van der Waals surface area contributed by atoms with Crippen LogP contribution in [-0.2, 0) is 6.54 Å². The second-order valence-electron chi connectivity index (χ2n) is 6.36. The van der Waals surface area contributed by atoms with E-state index in [-0.39, 0.29) is 12.7 Å². The third kappa shape index (κ3) is 2.42. The van der Waals surface area contributed by atoms with E-state index in [9.17, 15) is 4.79 Å². The van der Waals surface area contributed by atoms with E-state index in [2.05, 4.69) is 4.57 Å². The Labute approximate surface area is 150 Å². The van der Waals surface area contributed by atoms with E-state index in [4.69, 9.17) is 14.5 Å². The highest BCUT2D eigenvalue weighted by molar-refractivity contribution is 6.05. The van der Waals surface area contributed by atoms with Crippen LogP contribution in [0.15, 0.2) is 54.7 Å². The maximum Gasteiger partial charge on any atom is 0.260 e. The minimum atomic E-state index is -0.0746. The van der Waals surface area contributed by atoms with Crippen LogP contribution < -0.4 is 14.4 Å². The average molecular weight is 347 g/mol. The van der Waals surface area contributed by atoms with Gasteiger partial charge < -0.3 is 14.0 Å². The third-order valence-electron chi connectivity index (χ3n) is 4.71. The minimum absolute atomic E-state index is 0.0746. The second-order valence-corrected chi connectivity index (χ2v) is 6.36. The van der Waals surface area contributed by atoms with Crippen molar-refractivity contribution in [3.8, 4) is 22.8 Å². The van der Waals surface area contributed by atoms with Gasteiger partial charge in [0.25, 0.3) is 5.91 Å². The molecule has 0 bridgehead atoms. The zero-order valence-electron chi connectivity index (χ0n) is 14.1. The highest BCUT2D eigenvalue weighted by atomic mass is 16.7. The number of hydrogen-bond donors (Lipinski definition) is 0. The van der Waals surface area contributed by atoms with E-state index in [1.54, 1.807) is 23.1 Å². The Morgan fingerprint density at radius 2 is 1.85 bits per heavy atom. The van der Waals surface area contributed by atoms with Crippen LogP contribution in [0.4, 0.5) is 5.95 Å². The number of imidazole rings is 1. The van der Waals surface area contributed by atoms with Crippen molar-refractivity contribution >= 4 is 11.9 Å². The normalized spacial score (nSPS) is 15.0. The average Bonchev–Trinajstić information content (AvgIpc) is 3.34. The number of benzene rings is 2. The van der Waals surface area contributed by atoms with Crippen molar-refractivity contribution in [2.75, 3.05) is 18.2 Å². The Kier molecular flexibility index (Phi) is 3.41. The molecule has 1 aromatic heterocycles. The van der Waals surface area contributed by atoms with Gasteiger partial charge >= 0.3 is 0 Å². The smallest absolute Gasteiger partial charge is 0.260 e. The van der Waals surface area contributed by atoms with Crippen molar-refractivity contribution in [1.29, 1.82) is 0 Å². The number of rotatable bonds is 2. The molecule has 0 saturated carbocycles. The molecular formula is C20H17N3O3. The van der Waals surface area contributed by atoms with E-state index < -0.39 is 0 Å². The van der Waals surface area contributed by atoms with Crippen LogP contribution in [0, 0.1) is 0 Å². The Hall–Kier alpha value is -3.28. The van der Waals surface area contributed by atoms with Crippen LogP contribution >= 0.6 is 0 Å². The molecule has 130 valence electrons. The summed E-state index contributed by atoms with van der Waals surface area (Å²) in [6, 6.07) is 15.3. The van der Waals surface area contributed by atoms with Crippen molar-refractivity contribution in [2.45, 2.75) is 13.0 Å². The van der Waals surface area contributed by atoms with E-state index in [1.165, 1.54) is 0 Å². The first-order valence-electron chi connectivity index (χ1n) is 8.64. The summed E-state index contributed by atoms with van der Waals surface area (Å²) < 4.78 is 12.8. The summed E-state index contributed by atoms with van der Waals surface area (Å²) in [5.74, 6) is 1.90. The molecule has 6 heteroatoms. The number of carbonyl (C=O) groups excluding carboxylic acids is 1. The van der Waals surface area contributed by atoms with Crippen molar-refractivity contribution in [1.82, 2.24) is 9.55 Å². The molecule has 0 unspecified atom stereocenters. The zero-order chi connectivity index (χ0) is 17.5. The van der Waals surface area contributed by atoms with E-state index in [1.807, 2.05) is 36.5 Å². The van der Waals surface area contributed by atoms with Crippen LogP contribution in [-0.4, -0.2) is 28.8 Å². The molecule has 5 rings (SSSR count). The molecular weight excluding hydrogens is 330 g/mol. The van der Waals surface area contributed by atoms with Gasteiger partial charge in [0.2, 0.25) is 12.7 Å². The maximum atomic E-state index is 13.1. The first-order valence-corrected chi connectivity index (χ1v) is 8.64. The number of nitrogens with zero attached hydrogens (tertiary/aromatic N) is 3. The Morgan fingerprint density at radius 1 is 1.00 bits per heavy atom. The summed E-state index contributed by atoms with van der Waals surface area (Å²) in [4.78, 5) is 19.6. The van der Waals surface area contributed by atoms with Crippen molar-refractivity contribution < 1.29 is 14.3 Å². The number of aryl methyl sites for hydroxylation is 1. The molecule has 2 aliphatic rings. The number of aromatic nitrogens is 2. The molecule has 6 nitrogen and oxygen atoms in total. The van der Waals surface area contributed by atoms with Crippen LogP contribution in [0.2, 0.25) is 0 Å². The first-order chi connectivity index (χ1) is 12.8. The summed E-state index contributed by atoms with van der Waals surface area (Å²) in [5.41, 5.74) is 2.50. The predicted molar refractivity (Wildman–Crippen MR) is 96.5 cm³/mol. The van der Waals surface area contributed by atoms with E-state index in [0.717, 1.165) is 24.2 Å². The Bertz CT molecular complexity index is 981. The summed E-state index contributed by atoms with van der Waals surface area (Å²) in [5, 5.41) is 0. The van der Waals surface area contributed by atoms with Gasteiger partial charge in [0.05, 0.1) is 5.69 Å². The lowest BCUT2D eigenvalue weighted by Crippen LogP contribution is -2.37. The molecule has 3 aromatic rings. The quantitative estimate of drug-likeness (QED) is 0.713. The van der Waals surface area contributed by atoms with Crippen LogP contribution in [0.25, 0.3) is 11.3 Å². The monoisotopic (exact) mass is 347 g/mol. The molecule has 3 heterocycles. The van der Waals surface area contributed by atoms with Gasteiger partial charge in [-0.1, -0.05) is 30.3 Å². The van der Waals surface area contributed by atoms with Gasteiger partial charge in [-0.05, 0) is 24.6 Å². The summed E-state index contributed by atoms with van der Waals surface area (Å²) in [6.07, 6.45) is 2.91. The maximum absolute atomic E-state index is 13.1. The lowest BCUT2D eigenvalue weighted by Gasteiger charge is -2.27. The fourth-order valence-corrected chi connectivity index (χ4v) is 3.41. The lowest BCUT2D eigenvalue weighted by molar-refractivity contribution is 0.0980. The van der Waals surface area contributed by atoms with Crippen molar-refractivity contribution in [3.05, 3.63) is 60.3 Å². The van der Waals surface area contributed by atoms with Crippen molar-refractivity contribution in [3.63, 3.8) is 0 Å². The zero-order valence-corrected chi connectivity index (χ0v) is 14.1. The van der Waals surface area contributed by atoms with Crippen LogP contribution in [0.3, 0.4) is 0 Å². The molecule has 26 heavy (non-hydrogen) atoms. The number of ether oxygens (including phenoxy) is 2. The van der Waals surface area contributed by atoms with Crippen LogP contribution in [0.1, 0.15) is 16.8 Å². The van der Waals surface area contributed by atoms with Gasteiger partial charge in [-0.25, -0.2) is 4.98 Å². The SMILES string of the molecule is O=C(c1ccc2c(c1)OCO2)N1CCCn2cc(-c3ccccc3)nc21. The molecule has 2 aliphatic heterocycles. The third-order valence-corrected chi connectivity index (χ3v) is 4.71. The molecule has 0 spiro atoms. The summed E-state index contributed by atoms with van der Waals surface area (Å²) >= 11 is 0. The highest BCUT2D eigenvalue weighted by Crippen LogP contribution is 2.34. The van der Waals surface area contributed by atoms with Gasteiger partial charge in [0.15, 0.2) is 11.5 Å². The molecule has 0 saturated heterocycles. The molecule has 0 radical (unpaired) electrons. The van der Waals surface area contributed by atoms with E-state index in [0.29, 0.717) is 29.6 Å². The Morgan fingerprint density at radius 3 is 2.73 bits per heavy atom. The Balaban J connectivity index is 1.50. The standard InChI is InChI=1S/C20H17N3O3/c24-19(15-7-8-17-18(11-15)26-13-25-17)23-10-4-9-22-12-16(21-20(22)23)14-5-2-1-3-6-14/h1-3,5-8,11-12H,4,9-10,13H2. The summed E-state index contributed by atoms with van der Waals surface area (Å²) in [6.45, 7) is 1.71. The number of fused-ring (bicyclic) bond motifs is 2. The molecule has 0 aliphatic carbocycles. The fraction of sp³-hybridized carbons (Fsp3) is 0.200. The number of anilines is 1. The van der Waals surface area contributed by atoms with Gasteiger partial charge in [-0.3, -0.25) is 9.69 Å². The predicted octanol–water partition coefficient (Wildman–Crippen LogP) is 3.33. The van der Waals surface area contributed by atoms with Gasteiger partial charge in [-0.15, -0.1) is 0 Å². The molecule has 0 N–H and O–H groups in total. The van der Waals surface area contributed by atoms with E-state index >= 15 is 0 Å². The highest BCUT2D eigenvalue weighted by Gasteiger charge is 2.27. The minimum Gasteiger partial charge on any atom is -0.454 e. The summed E-state index contributed by atoms with van der Waals surface area (Å²) in [7, 11) is 0. The van der Waals surface area contributed by atoms with Crippen molar-refractivity contribution in [2.24, 2.45) is 0 Å².